The SMILES string of the molecule is COc1ccc(CCNC(=O)Cn2c(=O)n(CC3CCC(C(=O)NCc4ccccc4)CC3)c(=O)c3ccccc32)cc1OC. The summed E-state index contributed by atoms with van der Waals surface area (Å²) in [7, 11) is 3.15. The fraction of sp³-hybridized carbons (Fsp3) is 0.371. The van der Waals surface area contributed by atoms with E-state index in [-0.39, 0.29) is 42.3 Å². The van der Waals surface area contributed by atoms with Crippen molar-refractivity contribution in [3.63, 3.8) is 0 Å². The molecule has 0 radical (unpaired) electrons. The lowest BCUT2D eigenvalue weighted by molar-refractivity contribution is -0.126. The molecule has 45 heavy (non-hydrogen) atoms. The first kappa shape index (κ1) is 31.6. The highest BCUT2D eigenvalue weighted by atomic mass is 16.5. The van der Waals surface area contributed by atoms with Gasteiger partial charge in [-0.3, -0.25) is 23.5 Å². The van der Waals surface area contributed by atoms with Gasteiger partial charge in [-0.2, -0.15) is 0 Å². The fourth-order valence-electron chi connectivity index (χ4n) is 6.06. The second kappa shape index (κ2) is 14.7. The highest BCUT2D eigenvalue weighted by Crippen LogP contribution is 2.30. The van der Waals surface area contributed by atoms with E-state index in [1.54, 1.807) is 38.5 Å². The predicted molar refractivity (Wildman–Crippen MR) is 172 cm³/mol. The molecule has 1 saturated carbocycles. The van der Waals surface area contributed by atoms with Crippen molar-refractivity contribution in [2.75, 3.05) is 20.8 Å². The summed E-state index contributed by atoms with van der Waals surface area (Å²) >= 11 is 0. The molecular formula is C35H40N4O6. The van der Waals surface area contributed by atoms with Crippen LogP contribution in [0.3, 0.4) is 0 Å². The quantitative estimate of drug-likeness (QED) is 0.252. The first-order valence-corrected chi connectivity index (χ1v) is 15.4. The number of hydrogen-bond donors (Lipinski definition) is 2. The number of fused-ring (bicyclic) bond motifs is 1. The second-order valence-corrected chi connectivity index (χ2v) is 11.5. The number of nitrogens with zero attached hydrogens (tertiary/aromatic N) is 2. The molecule has 10 heteroatoms. The van der Waals surface area contributed by atoms with Crippen LogP contribution in [-0.2, 0) is 35.6 Å². The predicted octanol–water partition coefficient (Wildman–Crippen LogP) is 3.66. The summed E-state index contributed by atoms with van der Waals surface area (Å²) in [6.07, 6.45) is 3.43. The molecule has 10 nitrogen and oxygen atoms in total. The van der Waals surface area contributed by atoms with Crippen LogP contribution >= 0.6 is 0 Å². The van der Waals surface area contributed by atoms with E-state index in [1.807, 2.05) is 48.5 Å². The molecule has 0 atom stereocenters. The van der Waals surface area contributed by atoms with Gasteiger partial charge in [-0.15, -0.1) is 0 Å². The van der Waals surface area contributed by atoms with Gasteiger partial charge in [-0.05, 0) is 73.4 Å². The van der Waals surface area contributed by atoms with Gasteiger partial charge in [0.05, 0.1) is 25.1 Å². The molecule has 1 aromatic heterocycles. The maximum atomic E-state index is 13.7. The highest BCUT2D eigenvalue weighted by Gasteiger charge is 2.27. The maximum Gasteiger partial charge on any atom is 0.331 e. The van der Waals surface area contributed by atoms with Gasteiger partial charge in [0.15, 0.2) is 11.5 Å². The van der Waals surface area contributed by atoms with Crippen molar-refractivity contribution >= 4 is 22.7 Å². The van der Waals surface area contributed by atoms with Crippen LogP contribution in [0.15, 0.2) is 82.4 Å². The van der Waals surface area contributed by atoms with Crippen molar-refractivity contribution in [1.29, 1.82) is 0 Å². The molecule has 2 N–H and O–H groups in total. The van der Waals surface area contributed by atoms with Gasteiger partial charge in [0.2, 0.25) is 11.8 Å². The number of carbonyl (C=O) groups is 2. The lowest BCUT2D eigenvalue weighted by Gasteiger charge is -2.28. The summed E-state index contributed by atoms with van der Waals surface area (Å²) in [6, 6.07) is 22.3. The van der Waals surface area contributed by atoms with Crippen molar-refractivity contribution in [3.8, 4) is 11.5 Å². The molecule has 2 amide bonds. The first-order chi connectivity index (χ1) is 21.9. The first-order valence-electron chi connectivity index (χ1n) is 15.4. The van der Waals surface area contributed by atoms with Crippen LogP contribution in [0.4, 0.5) is 0 Å². The molecule has 1 aliphatic rings. The van der Waals surface area contributed by atoms with Gasteiger partial charge < -0.3 is 20.1 Å². The minimum absolute atomic E-state index is 0.0414. The summed E-state index contributed by atoms with van der Waals surface area (Å²) in [5, 5.41) is 6.32. The van der Waals surface area contributed by atoms with Gasteiger partial charge in [-0.1, -0.05) is 48.5 Å². The number of amides is 2. The Morgan fingerprint density at radius 3 is 2.24 bits per heavy atom. The zero-order chi connectivity index (χ0) is 31.8. The molecule has 1 heterocycles. The third-order valence-electron chi connectivity index (χ3n) is 8.59. The van der Waals surface area contributed by atoms with Crippen LogP contribution in [0.2, 0.25) is 0 Å². The minimum atomic E-state index is -0.503. The highest BCUT2D eigenvalue weighted by molar-refractivity contribution is 5.81. The van der Waals surface area contributed by atoms with E-state index in [4.69, 9.17) is 9.47 Å². The topological polar surface area (TPSA) is 121 Å². The smallest absolute Gasteiger partial charge is 0.331 e. The van der Waals surface area contributed by atoms with Crippen molar-refractivity contribution in [3.05, 3.63) is 105 Å². The molecule has 1 fully saturated rings. The van der Waals surface area contributed by atoms with E-state index in [2.05, 4.69) is 10.6 Å². The number of benzene rings is 3. The Morgan fingerprint density at radius 2 is 1.51 bits per heavy atom. The average Bonchev–Trinajstić information content (AvgIpc) is 3.08. The molecule has 236 valence electrons. The second-order valence-electron chi connectivity index (χ2n) is 11.5. The fourth-order valence-corrected chi connectivity index (χ4v) is 6.06. The Balaban J connectivity index is 1.22. The van der Waals surface area contributed by atoms with Crippen LogP contribution < -0.4 is 31.4 Å². The van der Waals surface area contributed by atoms with Gasteiger partial charge in [0, 0.05) is 25.6 Å². The standard InChI is InChI=1S/C35H40N4O6/c1-44-30-17-14-24(20-31(30)45-2)18-19-36-32(40)23-38-29-11-7-6-10-28(29)34(42)39(35(38)43)22-26-12-15-27(16-13-26)33(41)37-21-25-8-4-3-5-9-25/h3-11,14,17,20,26-27H,12-13,15-16,18-19,21-23H2,1-2H3,(H,36,40)(H,37,41). The summed E-state index contributed by atoms with van der Waals surface area (Å²) in [4.78, 5) is 52.9. The molecule has 0 bridgehead atoms. The zero-order valence-corrected chi connectivity index (χ0v) is 25.8. The van der Waals surface area contributed by atoms with E-state index in [9.17, 15) is 19.2 Å². The summed E-state index contributed by atoms with van der Waals surface area (Å²) < 4.78 is 13.3. The molecule has 0 unspecified atom stereocenters. The van der Waals surface area contributed by atoms with Crippen molar-refractivity contribution in [1.82, 2.24) is 19.8 Å². The monoisotopic (exact) mass is 612 g/mol. The van der Waals surface area contributed by atoms with E-state index in [0.29, 0.717) is 54.8 Å². The minimum Gasteiger partial charge on any atom is -0.493 e. The molecule has 4 aromatic rings. The third kappa shape index (κ3) is 7.63. The molecule has 1 aliphatic carbocycles. The van der Waals surface area contributed by atoms with Gasteiger partial charge in [0.1, 0.15) is 6.54 Å². The van der Waals surface area contributed by atoms with Gasteiger partial charge in [-0.25, -0.2) is 4.79 Å². The number of hydrogen-bond acceptors (Lipinski definition) is 6. The van der Waals surface area contributed by atoms with E-state index >= 15 is 0 Å². The van der Waals surface area contributed by atoms with E-state index in [1.165, 1.54) is 9.13 Å². The van der Waals surface area contributed by atoms with Crippen molar-refractivity contribution < 1.29 is 19.1 Å². The van der Waals surface area contributed by atoms with Crippen LogP contribution in [0.1, 0.15) is 36.8 Å². The largest absolute Gasteiger partial charge is 0.493 e. The molecule has 3 aromatic carbocycles. The molecule has 0 saturated heterocycles. The van der Waals surface area contributed by atoms with E-state index in [0.717, 1.165) is 24.0 Å². The zero-order valence-electron chi connectivity index (χ0n) is 25.8. The van der Waals surface area contributed by atoms with Crippen molar-refractivity contribution in [2.24, 2.45) is 11.8 Å². The maximum absolute atomic E-state index is 13.7. The molecule has 0 aliphatic heterocycles. The Morgan fingerprint density at radius 1 is 0.800 bits per heavy atom. The Kier molecular flexibility index (Phi) is 10.3. The Labute approximate surface area is 262 Å². The van der Waals surface area contributed by atoms with Gasteiger partial charge in [0.25, 0.3) is 5.56 Å². The number of ether oxygens (including phenoxy) is 2. The number of carbonyl (C=O) groups excluding carboxylic acids is 2. The number of rotatable bonds is 12. The lowest BCUT2D eigenvalue weighted by atomic mass is 9.81. The van der Waals surface area contributed by atoms with Crippen molar-refractivity contribution in [2.45, 2.75) is 51.7 Å². The number of aromatic nitrogens is 2. The van der Waals surface area contributed by atoms with Gasteiger partial charge >= 0.3 is 5.69 Å². The van der Waals surface area contributed by atoms with Crippen LogP contribution in [-0.4, -0.2) is 41.7 Å². The normalized spacial score (nSPS) is 16.2. The Hall–Kier alpha value is -4.86. The summed E-state index contributed by atoms with van der Waals surface area (Å²) in [5.41, 5.74) is 1.59. The third-order valence-corrected chi connectivity index (χ3v) is 8.59. The number of para-hydroxylation sites is 1. The lowest BCUT2D eigenvalue weighted by Crippen LogP contribution is -2.44. The number of methoxy groups -OCH3 is 2. The summed E-state index contributed by atoms with van der Waals surface area (Å²) in [6.45, 7) is 0.903. The summed E-state index contributed by atoms with van der Waals surface area (Å²) in [5.74, 6) is 0.955. The average molecular weight is 613 g/mol. The molecule has 0 spiro atoms. The van der Waals surface area contributed by atoms with E-state index < -0.39 is 5.69 Å². The van der Waals surface area contributed by atoms with Crippen LogP contribution in [0.5, 0.6) is 11.5 Å². The molecule has 5 rings (SSSR count). The number of nitrogens with one attached hydrogen (secondary N) is 2. The van der Waals surface area contributed by atoms with Crippen LogP contribution in [0.25, 0.3) is 10.9 Å². The van der Waals surface area contributed by atoms with Crippen LogP contribution in [0, 0.1) is 11.8 Å². The molecular weight excluding hydrogens is 572 g/mol. The Bertz CT molecular complexity index is 1760.